The first kappa shape index (κ1) is 11.2. The number of ether oxygens (including phenoxy) is 1. The molecule has 16 heavy (non-hydrogen) atoms. The average molecular weight is 227 g/mol. The molecular formula is C10H17N3O3. The summed E-state index contributed by atoms with van der Waals surface area (Å²) in [7, 11) is 0. The summed E-state index contributed by atoms with van der Waals surface area (Å²) in [6, 6.07) is 0.0384. The fourth-order valence-corrected chi connectivity index (χ4v) is 2.05. The van der Waals surface area contributed by atoms with Crippen molar-refractivity contribution in [1.29, 1.82) is 0 Å². The maximum absolute atomic E-state index is 12.0. The van der Waals surface area contributed by atoms with Gasteiger partial charge >= 0.3 is 0 Å². The zero-order valence-corrected chi connectivity index (χ0v) is 9.27. The molecule has 1 saturated heterocycles. The molecule has 6 heteroatoms. The number of carbonyl (C=O) groups excluding carboxylic acids is 1. The summed E-state index contributed by atoms with van der Waals surface area (Å²) in [5.74, 6) is -0.137. The molecule has 0 bridgehead atoms. The zero-order valence-electron chi connectivity index (χ0n) is 9.27. The molecule has 1 heterocycles. The normalized spacial score (nSPS) is 32.4. The Balaban J connectivity index is 1.98. The Kier molecular flexibility index (Phi) is 2.75. The van der Waals surface area contributed by atoms with Crippen molar-refractivity contribution in [2.75, 3.05) is 6.61 Å². The van der Waals surface area contributed by atoms with E-state index in [2.05, 4.69) is 10.5 Å². The summed E-state index contributed by atoms with van der Waals surface area (Å²) >= 11 is 0. The van der Waals surface area contributed by atoms with E-state index in [1.807, 2.05) is 6.92 Å². The third-order valence-electron chi connectivity index (χ3n) is 3.48. The van der Waals surface area contributed by atoms with Crippen LogP contribution >= 0.6 is 0 Å². The number of nitrogens with one attached hydrogen (secondary N) is 1. The molecule has 6 nitrogen and oxygen atoms in total. The summed E-state index contributed by atoms with van der Waals surface area (Å²) in [5.41, 5.74) is 4.76. The van der Waals surface area contributed by atoms with Crippen molar-refractivity contribution in [1.82, 2.24) is 5.32 Å². The molecule has 2 unspecified atom stereocenters. The second kappa shape index (κ2) is 3.93. The molecule has 2 atom stereocenters. The quantitative estimate of drug-likeness (QED) is 0.269. The van der Waals surface area contributed by atoms with Crippen LogP contribution in [0.15, 0.2) is 5.16 Å². The lowest BCUT2D eigenvalue weighted by atomic mass is 10.0. The molecule has 1 saturated carbocycles. The van der Waals surface area contributed by atoms with Gasteiger partial charge in [-0.3, -0.25) is 4.79 Å². The van der Waals surface area contributed by atoms with Crippen molar-refractivity contribution in [2.45, 2.75) is 38.3 Å². The monoisotopic (exact) mass is 227 g/mol. The lowest BCUT2D eigenvalue weighted by molar-refractivity contribution is -0.125. The van der Waals surface area contributed by atoms with Crippen molar-refractivity contribution in [3.63, 3.8) is 0 Å². The van der Waals surface area contributed by atoms with Crippen LogP contribution in [0.25, 0.3) is 0 Å². The van der Waals surface area contributed by atoms with E-state index in [1.54, 1.807) is 0 Å². The minimum absolute atomic E-state index is 0.0107. The number of amidine groups is 1. The lowest BCUT2D eigenvalue weighted by Crippen LogP contribution is -2.47. The van der Waals surface area contributed by atoms with E-state index in [9.17, 15) is 4.79 Å². The lowest BCUT2D eigenvalue weighted by Gasteiger charge is -2.20. The van der Waals surface area contributed by atoms with Crippen LogP contribution in [0, 0.1) is 5.41 Å². The Morgan fingerprint density at radius 2 is 2.31 bits per heavy atom. The standard InChI is InChI=1S/C10H17N3O3/c1-6-7(2-5-16-6)12-9(14)10(3-4-10)8(11)13-15/h6-7,15H,2-5H2,1H3,(H2,11,13)(H,12,14). The average Bonchev–Trinajstić information content (AvgIpc) is 3.00. The van der Waals surface area contributed by atoms with Crippen LogP contribution in [0.5, 0.6) is 0 Å². The SMILES string of the molecule is CC1OCCC1NC(=O)C1(C(N)=NO)CC1. The van der Waals surface area contributed by atoms with E-state index in [-0.39, 0.29) is 23.9 Å². The molecule has 1 aliphatic heterocycles. The largest absolute Gasteiger partial charge is 0.409 e. The third kappa shape index (κ3) is 1.73. The first-order valence-corrected chi connectivity index (χ1v) is 5.51. The van der Waals surface area contributed by atoms with Gasteiger partial charge in [-0.25, -0.2) is 0 Å². The number of oxime groups is 1. The smallest absolute Gasteiger partial charge is 0.234 e. The van der Waals surface area contributed by atoms with Gasteiger partial charge in [0.2, 0.25) is 5.91 Å². The Labute approximate surface area is 93.8 Å². The van der Waals surface area contributed by atoms with Crippen LogP contribution in [0.4, 0.5) is 0 Å². The molecule has 0 spiro atoms. The number of rotatable bonds is 3. The van der Waals surface area contributed by atoms with Gasteiger partial charge in [0, 0.05) is 6.61 Å². The molecule has 2 rings (SSSR count). The molecule has 0 aromatic carbocycles. The van der Waals surface area contributed by atoms with E-state index in [0.717, 1.165) is 6.42 Å². The number of hydrogen-bond donors (Lipinski definition) is 3. The Morgan fingerprint density at radius 1 is 1.62 bits per heavy atom. The Hall–Kier alpha value is -1.30. The first-order chi connectivity index (χ1) is 7.60. The predicted molar refractivity (Wildman–Crippen MR) is 57.0 cm³/mol. The molecule has 4 N–H and O–H groups in total. The molecule has 0 radical (unpaired) electrons. The number of nitrogens with two attached hydrogens (primary N) is 1. The molecular weight excluding hydrogens is 210 g/mol. The molecule has 0 aromatic heterocycles. The second-order valence-corrected chi connectivity index (χ2v) is 4.51. The predicted octanol–water partition coefficient (Wildman–Crippen LogP) is -0.193. The van der Waals surface area contributed by atoms with Crippen LogP contribution in [-0.4, -0.2) is 35.7 Å². The van der Waals surface area contributed by atoms with E-state index in [0.29, 0.717) is 19.4 Å². The Bertz CT molecular complexity index is 325. The van der Waals surface area contributed by atoms with E-state index in [4.69, 9.17) is 15.7 Å². The summed E-state index contributed by atoms with van der Waals surface area (Å²) in [4.78, 5) is 12.0. The molecule has 2 fully saturated rings. The fraction of sp³-hybridized carbons (Fsp3) is 0.800. The van der Waals surface area contributed by atoms with Gasteiger partial charge in [-0.2, -0.15) is 0 Å². The second-order valence-electron chi connectivity index (χ2n) is 4.51. The first-order valence-electron chi connectivity index (χ1n) is 5.51. The third-order valence-corrected chi connectivity index (χ3v) is 3.48. The van der Waals surface area contributed by atoms with E-state index < -0.39 is 5.41 Å². The van der Waals surface area contributed by atoms with Gasteiger partial charge in [0.15, 0.2) is 5.84 Å². The summed E-state index contributed by atoms with van der Waals surface area (Å²) in [6.45, 7) is 2.60. The van der Waals surface area contributed by atoms with Crippen molar-refractivity contribution in [2.24, 2.45) is 16.3 Å². The van der Waals surface area contributed by atoms with Crippen molar-refractivity contribution < 1.29 is 14.7 Å². The Morgan fingerprint density at radius 3 is 2.75 bits per heavy atom. The van der Waals surface area contributed by atoms with Gasteiger partial charge in [-0.15, -0.1) is 0 Å². The van der Waals surface area contributed by atoms with Gasteiger partial charge in [0.1, 0.15) is 5.41 Å². The van der Waals surface area contributed by atoms with Crippen LogP contribution < -0.4 is 11.1 Å². The van der Waals surface area contributed by atoms with Crippen LogP contribution in [0.1, 0.15) is 26.2 Å². The highest BCUT2D eigenvalue weighted by molar-refractivity contribution is 6.09. The van der Waals surface area contributed by atoms with Gasteiger partial charge in [-0.05, 0) is 26.2 Å². The molecule has 90 valence electrons. The van der Waals surface area contributed by atoms with Crippen LogP contribution in [-0.2, 0) is 9.53 Å². The molecule has 0 aromatic rings. The highest BCUT2D eigenvalue weighted by Gasteiger charge is 2.54. The van der Waals surface area contributed by atoms with Gasteiger partial charge in [0.05, 0.1) is 12.1 Å². The molecule has 1 aliphatic carbocycles. The minimum Gasteiger partial charge on any atom is -0.409 e. The zero-order chi connectivity index (χ0) is 11.8. The number of hydrogen-bond acceptors (Lipinski definition) is 4. The van der Waals surface area contributed by atoms with Crippen molar-refractivity contribution >= 4 is 11.7 Å². The van der Waals surface area contributed by atoms with Crippen LogP contribution in [0.2, 0.25) is 0 Å². The summed E-state index contributed by atoms with van der Waals surface area (Å²) < 4.78 is 5.36. The maximum atomic E-state index is 12.0. The summed E-state index contributed by atoms with van der Waals surface area (Å²) in [5, 5.41) is 14.5. The van der Waals surface area contributed by atoms with Crippen molar-refractivity contribution in [3.05, 3.63) is 0 Å². The molecule has 2 aliphatic rings. The highest BCUT2D eigenvalue weighted by atomic mass is 16.5. The topological polar surface area (TPSA) is 96.9 Å². The van der Waals surface area contributed by atoms with Gasteiger partial charge in [-0.1, -0.05) is 5.16 Å². The summed E-state index contributed by atoms with van der Waals surface area (Å²) in [6.07, 6.45) is 2.15. The van der Waals surface area contributed by atoms with Gasteiger partial charge < -0.3 is 21.0 Å². The van der Waals surface area contributed by atoms with Crippen molar-refractivity contribution in [3.8, 4) is 0 Å². The van der Waals surface area contributed by atoms with Crippen LogP contribution in [0.3, 0.4) is 0 Å². The minimum atomic E-state index is -0.767. The number of carbonyl (C=O) groups is 1. The van der Waals surface area contributed by atoms with E-state index >= 15 is 0 Å². The molecule has 1 amide bonds. The number of amides is 1. The van der Waals surface area contributed by atoms with Gasteiger partial charge in [0.25, 0.3) is 0 Å². The van der Waals surface area contributed by atoms with E-state index in [1.165, 1.54) is 0 Å². The number of nitrogens with zero attached hydrogens (tertiary/aromatic N) is 1. The maximum Gasteiger partial charge on any atom is 0.234 e. The highest BCUT2D eigenvalue weighted by Crippen LogP contribution is 2.46. The fourth-order valence-electron chi connectivity index (χ4n) is 2.05.